The molecule has 0 spiro atoms. The topological polar surface area (TPSA) is 81.2 Å². The van der Waals surface area contributed by atoms with Crippen LogP contribution in [0.2, 0.25) is 0 Å². The van der Waals surface area contributed by atoms with Crippen LogP contribution in [0.3, 0.4) is 0 Å². The molecule has 0 aliphatic carbocycles. The van der Waals surface area contributed by atoms with Gasteiger partial charge in [-0.2, -0.15) is 0 Å². The van der Waals surface area contributed by atoms with E-state index in [-0.39, 0.29) is 24.9 Å². The summed E-state index contributed by atoms with van der Waals surface area (Å²) in [6.07, 6.45) is 0.783. The quantitative estimate of drug-likeness (QED) is 0.601. The highest BCUT2D eigenvalue weighted by atomic mass is 32.1. The largest absolute Gasteiger partial charge is 0.493 e. The standard InChI is InChI=1S/C22H31N3O5S/c1-22(2,3)30-21(27)7-6-19-23-15-12-17(16(28-5)13-18(15)31-19)29-14-20(26)25-10-8-24(4)9-11-25/h12-13H,6-11,14H2,1-5H3. The van der Waals surface area contributed by atoms with Gasteiger partial charge >= 0.3 is 5.97 Å². The van der Waals surface area contributed by atoms with Crippen LogP contribution in [0.15, 0.2) is 12.1 Å². The number of piperazine rings is 1. The van der Waals surface area contributed by atoms with Crippen LogP contribution in [0.25, 0.3) is 10.2 Å². The molecule has 0 N–H and O–H groups in total. The van der Waals surface area contributed by atoms with Crippen molar-refractivity contribution in [2.45, 2.75) is 39.2 Å². The maximum absolute atomic E-state index is 12.5. The molecule has 1 aliphatic rings. The number of carbonyl (C=O) groups excluding carboxylic acids is 2. The maximum Gasteiger partial charge on any atom is 0.306 e. The highest BCUT2D eigenvalue weighted by molar-refractivity contribution is 7.18. The molecule has 1 saturated heterocycles. The first-order valence-corrected chi connectivity index (χ1v) is 11.2. The maximum atomic E-state index is 12.5. The highest BCUT2D eigenvalue weighted by Crippen LogP contribution is 2.35. The molecule has 0 atom stereocenters. The number of carbonyl (C=O) groups is 2. The molecule has 1 aromatic carbocycles. The Morgan fingerprint density at radius 1 is 1.13 bits per heavy atom. The first-order chi connectivity index (χ1) is 14.6. The first kappa shape index (κ1) is 23.3. The molecule has 1 aromatic heterocycles. The van der Waals surface area contributed by atoms with Crippen molar-refractivity contribution in [3.05, 3.63) is 17.1 Å². The lowest BCUT2D eigenvalue weighted by atomic mass is 10.2. The van der Waals surface area contributed by atoms with Crippen LogP contribution in [-0.4, -0.2) is 79.2 Å². The molecule has 2 heterocycles. The smallest absolute Gasteiger partial charge is 0.306 e. The molecule has 0 unspecified atom stereocenters. The summed E-state index contributed by atoms with van der Waals surface area (Å²) in [5.74, 6) is 0.768. The van der Waals surface area contributed by atoms with Gasteiger partial charge in [-0.15, -0.1) is 11.3 Å². The van der Waals surface area contributed by atoms with Crippen molar-refractivity contribution in [1.29, 1.82) is 0 Å². The molecule has 1 fully saturated rings. The third-order valence-corrected chi connectivity index (χ3v) is 5.97. The average Bonchev–Trinajstić information content (AvgIpc) is 3.10. The van der Waals surface area contributed by atoms with Gasteiger partial charge in [0.05, 0.1) is 28.8 Å². The molecule has 8 nitrogen and oxygen atoms in total. The van der Waals surface area contributed by atoms with Crippen molar-refractivity contribution >= 4 is 33.4 Å². The number of methoxy groups -OCH3 is 1. The molecule has 0 radical (unpaired) electrons. The fourth-order valence-electron chi connectivity index (χ4n) is 3.25. The van der Waals surface area contributed by atoms with Crippen LogP contribution in [-0.2, 0) is 20.7 Å². The Kier molecular flexibility index (Phi) is 7.38. The van der Waals surface area contributed by atoms with Gasteiger partial charge in [-0.25, -0.2) is 4.98 Å². The van der Waals surface area contributed by atoms with Crippen LogP contribution in [0.5, 0.6) is 11.5 Å². The Bertz CT molecular complexity index is 929. The number of fused-ring (bicyclic) bond motifs is 1. The van der Waals surface area contributed by atoms with Gasteiger partial charge < -0.3 is 24.0 Å². The zero-order valence-corrected chi connectivity index (χ0v) is 19.7. The summed E-state index contributed by atoms with van der Waals surface area (Å²) in [4.78, 5) is 33.1. The van der Waals surface area contributed by atoms with Crippen molar-refractivity contribution in [3.8, 4) is 11.5 Å². The molecular weight excluding hydrogens is 418 g/mol. The minimum Gasteiger partial charge on any atom is -0.493 e. The van der Waals surface area contributed by atoms with Gasteiger partial charge in [0.1, 0.15) is 5.60 Å². The molecule has 170 valence electrons. The third kappa shape index (κ3) is 6.54. The highest BCUT2D eigenvalue weighted by Gasteiger charge is 2.21. The zero-order chi connectivity index (χ0) is 22.6. The van der Waals surface area contributed by atoms with E-state index >= 15 is 0 Å². The fraction of sp³-hybridized carbons (Fsp3) is 0.591. The molecule has 1 amide bonds. The van der Waals surface area contributed by atoms with Crippen molar-refractivity contribution < 1.29 is 23.8 Å². The van der Waals surface area contributed by atoms with Gasteiger partial charge in [-0.3, -0.25) is 9.59 Å². The fourth-order valence-corrected chi connectivity index (χ4v) is 4.23. The minimum atomic E-state index is -0.494. The lowest BCUT2D eigenvalue weighted by molar-refractivity contribution is -0.154. The van der Waals surface area contributed by atoms with Crippen molar-refractivity contribution in [1.82, 2.24) is 14.8 Å². The lowest BCUT2D eigenvalue weighted by Gasteiger charge is -2.32. The SMILES string of the molecule is COc1cc2sc(CCC(=O)OC(C)(C)C)nc2cc1OCC(=O)N1CCN(C)CC1. The Hall–Kier alpha value is -2.39. The van der Waals surface area contributed by atoms with E-state index in [9.17, 15) is 9.59 Å². The Morgan fingerprint density at radius 3 is 2.48 bits per heavy atom. The van der Waals surface area contributed by atoms with Crippen molar-refractivity contribution in [3.63, 3.8) is 0 Å². The van der Waals surface area contributed by atoms with E-state index in [4.69, 9.17) is 14.2 Å². The van der Waals surface area contributed by atoms with E-state index in [1.807, 2.05) is 38.8 Å². The van der Waals surface area contributed by atoms with E-state index in [1.165, 1.54) is 11.3 Å². The minimum absolute atomic E-state index is 0.0356. The van der Waals surface area contributed by atoms with Crippen molar-refractivity contribution in [2.75, 3.05) is 46.9 Å². The summed E-state index contributed by atoms with van der Waals surface area (Å²) in [7, 11) is 3.62. The summed E-state index contributed by atoms with van der Waals surface area (Å²) in [5, 5.41) is 0.841. The van der Waals surface area contributed by atoms with Gasteiger partial charge in [-0.05, 0) is 27.8 Å². The summed E-state index contributed by atoms with van der Waals surface area (Å²) >= 11 is 1.51. The van der Waals surface area contributed by atoms with Crippen LogP contribution in [0.4, 0.5) is 0 Å². The normalized spacial score (nSPS) is 15.2. The predicted octanol–water partition coefficient (Wildman–Crippen LogP) is 2.73. The summed E-state index contributed by atoms with van der Waals surface area (Å²) in [6.45, 7) is 8.67. The number of aryl methyl sites for hydroxylation is 1. The third-order valence-electron chi connectivity index (χ3n) is 4.89. The number of likely N-dealkylation sites (N-methyl/N-ethyl adjacent to an activating group) is 1. The summed E-state index contributed by atoms with van der Waals surface area (Å²) in [6, 6.07) is 3.65. The molecule has 0 saturated carbocycles. The van der Waals surface area contributed by atoms with Gasteiger partial charge in [-0.1, -0.05) is 0 Å². The number of hydrogen-bond acceptors (Lipinski definition) is 8. The Labute approximate surface area is 187 Å². The monoisotopic (exact) mass is 449 g/mol. The summed E-state index contributed by atoms with van der Waals surface area (Å²) < 4.78 is 17.6. The second-order valence-corrected chi connectivity index (χ2v) is 9.75. The number of benzene rings is 1. The second kappa shape index (κ2) is 9.82. The number of esters is 1. The number of thiazole rings is 1. The predicted molar refractivity (Wildman–Crippen MR) is 120 cm³/mol. The first-order valence-electron chi connectivity index (χ1n) is 10.4. The molecule has 31 heavy (non-hydrogen) atoms. The number of nitrogens with zero attached hydrogens (tertiary/aromatic N) is 3. The summed E-state index contributed by atoms with van der Waals surface area (Å²) in [5.41, 5.74) is 0.262. The van der Waals surface area contributed by atoms with Crippen molar-refractivity contribution in [2.24, 2.45) is 0 Å². The molecule has 9 heteroatoms. The number of amides is 1. The average molecular weight is 450 g/mol. The van der Waals surface area contributed by atoms with Gasteiger partial charge in [0.25, 0.3) is 5.91 Å². The lowest BCUT2D eigenvalue weighted by Crippen LogP contribution is -2.48. The Morgan fingerprint density at radius 2 is 1.84 bits per heavy atom. The molecule has 2 aromatic rings. The van der Waals surface area contributed by atoms with E-state index < -0.39 is 5.60 Å². The van der Waals surface area contributed by atoms with Gasteiger partial charge in [0.2, 0.25) is 0 Å². The molecule has 1 aliphatic heterocycles. The van der Waals surface area contributed by atoms with E-state index in [0.717, 1.165) is 28.3 Å². The van der Waals surface area contributed by atoms with Gasteiger partial charge in [0, 0.05) is 44.7 Å². The van der Waals surface area contributed by atoms with E-state index in [0.29, 0.717) is 31.0 Å². The molecule has 0 bridgehead atoms. The zero-order valence-electron chi connectivity index (χ0n) is 18.9. The second-order valence-electron chi connectivity index (χ2n) is 8.64. The van der Waals surface area contributed by atoms with Crippen LogP contribution in [0, 0.1) is 0 Å². The Balaban J connectivity index is 1.64. The van der Waals surface area contributed by atoms with E-state index in [1.54, 1.807) is 13.2 Å². The van der Waals surface area contributed by atoms with Crippen LogP contribution >= 0.6 is 11.3 Å². The van der Waals surface area contributed by atoms with Crippen LogP contribution in [0.1, 0.15) is 32.2 Å². The number of ether oxygens (including phenoxy) is 3. The van der Waals surface area contributed by atoms with Crippen LogP contribution < -0.4 is 9.47 Å². The van der Waals surface area contributed by atoms with Gasteiger partial charge in [0.15, 0.2) is 18.1 Å². The molecular formula is C22H31N3O5S. The van der Waals surface area contributed by atoms with E-state index in [2.05, 4.69) is 9.88 Å². The number of rotatable bonds is 7. The molecule has 3 rings (SSSR count). The number of hydrogen-bond donors (Lipinski definition) is 0. The number of aromatic nitrogens is 1.